The van der Waals surface area contributed by atoms with Crippen molar-refractivity contribution in [3.63, 3.8) is 0 Å². The Morgan fingerprint density at radius 3 is 2.39 bits per heavy atom. The molecule has 1 aliphatic rings. The molecule has 3 rings (SSSR count). The number of carboxylic acid groups (broad SMARTS) is 1. The van der Waals surface area contributed by atoms with Crippen LogP contribution in [0.25, 0.3) is 0 Å². The van der Waals surface area contributed by atoms with Gasteiger partial charge in [-0.05, 0) is 41.8 Å². The number of hydrogen-bond donors (Lipinski definition) is 1. The maximum absolute atomic E-state index is 12.8. The third-order valence-corrected chi connectivity index (χ3v) is 5.63. The molecule has 1 amide bonds. The zero-order valence-corrected chi connectivity index (χ0v) is 17.7. The van der Waals surface area contributed by atoms with Crippen molar-refractivity contribution >= 4 is 39.4 Å². The third-order valence-electron chi connectivity index (χ3n) is 4.85. The van der Waals surface area contributed by atoms with Gasteiger partial charge in [-0.2, -0.15) is 0 Å². The number of rotatable bonds is 6. The van der Waals surface area contributed by atoms with Gasteiger partial charge in [0.05, 0.1) is 6.04 Å². The minimum absolute atomic E-state index is 0.159. The Balaban J connectivity index is 2.11. The van der Waals surface area contributed by atoms with Gasteiger partial charge in [-0.1, -0.05) is 65.1 Å². The van der Waals surface area contributed by atoms with Gasteiger partial charge in [0.1, 0.15) is 18.8 Å². The Kier molecular flexibility index (Phi) is 6.75. The molecule has 1 fully saturated rings. The van der Waals surface area contributed by atoms with E-state index in [9.17, 15) is 14.7 Å². The Hall–Kier alpha value is -1.89. The topological polar surface area (TPSA) is 66.8 Å². The fraction of sp³-hybridized carbons (Fsp3) is 0.333. The molecule has 1 N–H and O–H groups in total. The molecule has 1 aliphatic heterocycles. The van der Waals surface area contributed by atoms with Crippen molar-refractivity contribution < 1.29 is 19.4 Å². The van der Waals surface area contributed by atoms with Crippen molar-refractivity contribution in [2.45, 2.75) is 38.0 Å². The van der Waals surface area contributed by atoms with Crippen LogP contribution < -0.4 is 0 Å². The number of carbonyl (C=O) groups excluding carboxylic acids is 1. The van der Waals surface area contributed by atoms with Crippen molar-refractivity contribution in [2.24, 2.45) is 0 Å². The first-order valence-electron chi connectivity index (χ1n) is 9.09. The molecule has 0 spiro atoms. The second-order valence-corrected chi connectivity index (χ2v) is 8.08. The SMILES string of the molecule is CCC[C@@H](C(=O)O)N1C(=O)CO[C@H](c2ccc(Cl)cc2)[C@@H]1c1ccc(Br)cc1. The van der Waals surface area contributed by atoms with E-state index in [0.717, 1.165) is 15.6 Å². The van der Waals surface area contributed by atoms with Crippen molar-refractivity contribution in [1.29, 1.82) is 0 Å². The third kappa shape index (κ3) is 4.40. The lowest BCUT2D eigenvalue weighted by Crippen LogP contribution is -2.53. The first-order valence-corrected chi connectivity index (χ1v) is 10.3. The Morgan fingerprint density at radius 2 is 1.82 bits per heavy atom. The summed E-state index contributed by atoms with van der Waals surface area (Å²) in [5, 5.41) is 10.4. The molecule has 0 unspecified atom stereocenters. The van der Waals surface area contributed by atoms with Gasteiger partial charge < -0.3 is 14.7 Å². The number of benzene rings is 2. The summed E-state index contributed by atoms with van der Waals surface area (Å²) in [5.74, 6) is -1.33. The minimum Gasteiger partial charge on any atom is -0.480 e. The molecule has 0 radical (unpaired) electrons. The molecule has 3 atom stereocenters. The molecule has 5 nitrogen and oxygen atoms in total. The van der Waals surface area contributed by atoms with Crippen molar-refractivity contribution in [3.8, 4) is 0 Å². The van der Waals surface area contributed by atoms with E-state index in [0.29, 0.717) is 17.9 Å². The van der Waals surface area contributed by atoms with E-state index in [-0.39, 0.29) is 12.5 Å². The number of carbonyl (C=O) groups is 2. The van der Waals surface area contributed by atoms with E-state index >= 15 is 0 Å². The molecule has 0 saturated carbocycles. The van der Waals surface area contributed by atoms with E-state index in [1.807, 2.05) is 43.3 Å². The molecule has 0 bridgehead atoms. The van der Waals surface area contributed by atoms with Crippen LogP contribution in [-0.2, 0) is 14.3 Å². The van der Waals surface area contributed by atoms with Crippen LogP contribution in [0, 0.1) is 0 Å². The maximum Gasteiger partial charge on any atom is 0.326 e. The van der Waals surface area contributed by atoms with Crippen molar-refractivity contribution in [1.82, 2.24) is 4.90 Å². The monoisotopic (exact) mass is 465 g/mol. The summed E-state index contributed by atoms with van der Waals surface area (Å²) >= 11 is 9.44. The van der Waals surface area contributed by atoms with Crippen LogP contribution in [0.1, 0.15) is 43.0 Å². The lowest BCUT2D eigenvalue weighted by atomic mass is 9.91. The van der Waals surface area contributed by atoms with Crippen molar-refractivity contribution in [3.05, 3.63) is 69.2 Å². The number of nitrogens with zero attached hydrogens (tertiary/aromatic N) is 1. The molecule has 28 heavy (non-hydrogen) atoms. The largest absolute Gasteiger partial charge is 0.480 e. The standard InChI is InChI=1S/C21H21BrClNO4/c1-2-3-17(21(26)27)24-18(25)12-28-20(14-6-10-16(23)11-7-14)19(24)13-4-8-15(22)9-5-13/h4-11,17,19-20H,2-3,12H2,1H3,(H,26,27)/t17-,19-,20+/m0/s1. The van der Waals surface area contributed by atoms with E-state index in [1.54, 1.807) is 12.1 Å². The van der Waals surface area contributed by atoms with Gasteiger partial charge >= 0.3 is 5.97 Å². The Labute approximate surface area is 177 Å². The second-order valence-electron chi connectivity index (χ2n) is 6.72. The quantitative estimate of drug-likeness (QED) is 0.651. The van der Waals surface area contributed by atoms with E-state index in [2.05, 4.69) is 15.9 Å². The van der Waals surface area contributed by atoms with Crippen LogP contribution in [0.4, 0.5) is 0 Å². The number of ether oxygens (including phenoxy) is 1. The summed E-state index contributed by atoms with van der Waals surface area (Å²) in [7, 11) is 0. The first-order chi connectivity index (χ1) is 13.4. The van der Waals surface area contributed by atoms with Gasteiger partial charge in [0.25, 0.3) is 0 Å². The molecular formula is C21H21BrClNO4. The normalized spacial score (nSPS) is 20.8. The summed E-state index contributed by atoms with van der Waals surface area (Å²) < 4.78 is 6.81. The number of halogens is 2. The Morgan fingerprint density at radius 1 is 1.21 bits per heavy atom. The van der Waals surface area contributed by atoms with Crippen LogP contribution in [0.5, 0.6) is 0 Å². The van der Waals surface area contributed by atoms with E-state index in [4.69, 9.17) is 16.3 Å². The van der Waals surface area contributed by atoms with Gasteiger partial charge in [0.2, 0.25) is 5.91 Å². The molecule has 2 aromatic rings. The minimum atomic E-state index is -1.01. The molecule has 0 aliphatic carbocycles. The molecule has 1 saturated heterocycles. The van der Waals surface area contributed by atoms with Gasteiger partial charge in [-0.15, -0.1) is 0 Å². The fourth-order valence-corrected chi connectivity index (χ4v) is 3.97. The molecule has 0 aromatic heterocycles. The highest BCUT2D eigenvalue weighted by Crippen LogP contribution is 2.42. The van der Waals surface area contributed by atoms with Crippen LogP contribution in [0.15, 0.2) is 53.0 Å². The average molecular weight is 467 g/mol. The van der Waals surface area contributed by atoms with Gasteiger partial charge in [-0.25, -0.2) is 4.79 Å². The molecule has 7 heteroatoms. The lowest BCUT2D eigenvalue weighted by molar-refractivity contribution is -0.171. The smallest absolute Gasteiger partial charge is 0.326 e. The number of hydrogen-bond acceptors (Lipinski definition) is 3. The van der Waals surface area contributed by atoms with Crippen LogP contribution in [0.3, 0.4) is 0 Å². The van der Waals surface area contributed by atoms with E-state index < -0.39 is 24.2 Å². The molecule has 2 aromatic carbocycles. The molecule has 1 heterocycles. The number of amides is 1. The summed E-state index contributed by atoms with van der Waals surface area (Å²) in [6, 6.07) is 13.3. The van der Waals surface area contributed by atoms with Crippen molar-refractivity contribution in [2.75, 3.05) is 6.61 Å². The van der Waals surface area contributed by atoms with Crippen LogP contribution >= 0.6 is 27.5 Å². The zero-order valence-electron chi connectivity index (χ0n) is 15.3. The number of carboxylic acids is 1. The maximum atomic E-state index is 12.8. The second kappa shape index (κ2) is 9.07. The number of morpholine rings is 1. The summed E-state index contributed by atoms with van der Waals surface area (Å²) in [4.78, 5) is 26.3. The number of aliphatic carboxylic acids is 1. The first kappa shape index (κ1) is 20.8. The Bertz CT molecular complexity index is 840. The van der Waals surface area contributed by atoms with Gasteiger partial charge in [-0.3, -0.25) is 4.79 Å². The predicted octanol–water partition coefficient (Wildman–Crippen LogP) is 5.00. The molecule has 148 valence electrons. The van der Waals surface area contributed by atoms with Gasteiger partial charge in [0.15, 0.2) is 0 Å². The highest BCUT2D eigenvalue weighted by molar-refractivity contribution is 9.10. The molecular weight excluding hydrogens is 446 g/mol. The fourth-order valence-electron chi connectivity index (χ4n) is 3.58. The summed E-state index contributed by atoms with van der Waals surface area (Å²) in [6.45, 7) is 1.75. The zero-order chi connectivity index (χ0) is 20.3. The summed E-state index contributed by atoms with van der Waals surface area (Å²) in [5.41, 5.74) is 1.66. The predicted molar refractivity (Wildman–Crippen MR) is 110 cm³/mol. The average Bonchev–Trinajstić information content (AvgIpc) is 2.67. The van der Waals surface area contributed by atoms with Crippen LogP contribution in [0.2, 0.25) is 5.02 Å². The summed E-state index contributed by atoms with van der Waals surface area (Å²) in [6.07, 6.45) is 0.539. The van der Waals surface area contributed by atoms with Gasteiger partial charge in [0, 0.05) is 9.50 Å². The van der Waals surface area contributed by atoms with E-state index in [1.165, 1.54) is 4.90 Å². The highest BCUT2D eigenvalue weighted by atomic mass is 79.9. The van der Waals surface area contributed by atoms with Crippen LogP contribution in [-0.4, -0.2) is 34.5 Å². The highest BCUT2D eigenvalue weighted by Gasteiger charge is 2.44. The lowest BCUT2D eigenvalue weighted by Gasteiger charge is -2.44.